The Balaban J connectivity index is 1.83. The summed E-state index contributed by atoms with van der Waals surface area (Å²) in [4.78, 5) is 8.68. The molecule has 1 aromatic heterocycles. The number of ether oxygens (including phenoxy) is 1. The Hall–Kier alpha value is -2.01. The average Bonchev–Trinajstić information content (AvgIpc) is 2.51. The first-order valence-corrected chi connectivity index (χ1v) is 6.78. The Labute approximate surface area is 117 Å². The fraction of sp³-hybridized carbons (Fsp3) is 0.333. The Morgan fingerprint density at radius 3 is 2.70 bits per heavy atom. The van der Waals surface area contributed by atoms with Gasteiger partial charge in [0.15, 0.2) is 0 Å². The smallest absolute Gasteiger partial charge is 0.241 e. The molecule has 20 heavy (non-hydrogen) atoms. The Bertz CT molecular complexity index is 568. The number of benzene rings is 1. The number of halogens is 1. The molecule has 2 aromatic rings. The number of nitrogens with one attached hydrogen (secondary N) is 1. The highest BCUT2D eigenvalue weighted by atomic mass is 19.1. The van der Waals surface area contributed by atoms with Crippen molar-refractivity contribution in [3.63, 3.8) is 0 Å². The second kappa shape index (κ2) is 5.96. The highest BCUT2D eigenvalue weighted by Gasteiger charge is 2.21. The van der Waals surface area contributed by atoms with Crippen LogP contribution >= 0.6 is 0 Å². The van der Waals surface area contributed by atoms with Crippen molar-refractivity contribution in [3.05, 3.63) is 48.2 Å². The number of hydrogen-bond donors (Lipinski definition) is 1. The molecule has 1 N–H and O–H groups in total. The Kier molecular flexibility index (Phi) is 3.87. The fourth-order valence-corrected chi connectivity index (χ4v) is 2.39. The van der Waals surface area contributed by atoms with E-state index in [1.165, 1.54) is 12.1 Å². The number of aromatic nitrogens is 2. The Morgan fingerprint density at radius 2 is 1.95 bits per heavy atom. The van der Waals surface area contributed by atoms with Crippen LogP contribution in [0.2, 0.25) is 0 Å². The van der Waals surface area contributed by atoms with E-state index in [0.717, 1.165) is 31.6 Å². The van der Waals surface area contributed by atoms with Gasteiger partial charge in [-0.25, -0.2) is 9.37 Å². The van der Waals surface area contributed by atoms with Crippen LogP contribution in [0, 0.1) is 5.82 Å². The van der Waals surface area contributed by atoms with Gasteiger partial charge in [-0.3, -0.25) is 4.98 Å². The van der Waals surface area contributed by atoms with E-state index in [1.807, 2.05) is 0 Å². The van der Waals surface area contributed by atoms with Crippen LogP contribution in [0.15, 0.2) is 36.7 Å². The molecule has 2 heterocycles. The van der Waals surface area contributed by atoms with Crippen molar-refractivity contribution in [1.82, 2.24) is 15.3 Å². The summed E-state index contributed by atoms with van der Waals surface area (Å²) in [5, 5.41) is 3.36. The molecule has 0 amide bonds. The minimum atomic E-state index is -0.284. The molecule has 1 saturated heterocycles. The maximum Gasteiger partial charge on any atom is 0.241 e. The van der Waals surface area contributed by atoms with Crippen LogP contribution in [0.3, 0.4) is 0 Å². The lowest BCUT2D eigenvalue weighted by Crippen LogP contribution is -2.29. The van der Waals surface area contributed by atoms with Gasteiger partial charge in [-0.1, -0.05) is 0 Å². The topological polar surface area (TPSA) is 47.0 Å². The van der Waals surface area contributed by atoms with E-state index in [9.17, 15) is 4.39 Å². The van der Waals surface area contributed by atoms with E-state index in [4.69, 9.17) is 4.74 Å². The number of nitrogens with zero attached hydrogens (tertiary/aromatic N) is 2. The van der Waals surface area contributed by atoms with Crippen molar-refractivity contribution in [1.29, 1.82) is 0 Å². The SMILES string of the molecule is Fc1ccc(Oc2nccnc2[C@H]2CCCNC2)cc1. The van der Waals surface area contributed by atoms with Gasteiger partial charge in [-0.2, -0.15) is 0 Å². The van der Waals surface area contributed by atoms with Crippen molar-refractivity contribution >= 4 is 0 Å². The molecule has 4 nitrogen and oxygen atoms in total. The lowest BCUT2D eigenvalue weighted by molar-refractivity contribution is 0.411. The molecule has 5 heteroatoms. The van der Waals surface area contributed by atoms with Gasteiger partial charge in [0.05, 0.1) is 0 Å². The number of hydrogen-bond acceptors (Lipinski definition) is 4. The first kappa shape index (κ1) is 13.0. The summed E-state index contributed by atoms with van der Waals surface area (Å²) in [7, 11) is 0. The molecule has 0 unspecified atom stereocenters. The molecular weight excluding hydrogens is 257 g/mol. The minimum Gasteiger partial charge on any atom is -0.437 e. The van der Waals surface area contributed by atoms with Crippen LogP contribution in [0.25, 0.3) is 0 Å². The maximum atomic E-state index is 12.9. The van der Waals surface area contributed by atoms with Gasteiger partial charge in [0.1, 0.15) is 17.3 Å². The highest BCUT2D eigenvalue weighted by molar-refractivity contribution is 5.31. The third kappa shape index (κ3) is 2.93. The first-order valence-electron chi connectivity index (χ1n) is 6.78. The summed E-state index contributed by atoms with van der Waals surface area (Å²) in [6, 6.07) is 5.92. The van der Waals surface area contributed by atoms with Crippen LogP contribution < -0.4 is 10.1 Å². The summed E-state index contributed by atoms with van der Waals surface area (Å²) >= 11 is 0. The van der Waals surface area contributed by atoms with Gasteiger partial charge in [0, 0.05) is 24.9 Å². The molecule has 0 bridgehead atoms. The average molecular weight is 273 g/mol. The van der Waals surface area contributed by atoms with Crippen molar-refractivity contribution in [3.8, 4) is 11.6 Å². The molecule has 1 fully saturated rings. The van der Waals surface area contributed by atoms with E-state index in [-0.39, 0.29) is 5.82 Å². The molecule has 0 aliphatic carbocycles. The van der Waals surface area contributed by atoms with E-state index < -0.39 is 0 Å². The van der Waals surface area contributed by atoms with Gasteiger partial charge >= 0.3 is 0 Å². The lowest BCUT2D eigenvalue weighted by Gasteiger charge is -2.23. The zero-order valence-electron chi connectivity index (χ0n) is 11.1. The number of piperidine rings is 1. The molecule has 0 saturated carbocycles. The lowest BCUT2D eigenvalue weighted by atomic mass is 9.96. The third-order valence-corrected chi connectivity index (χ3v) is 3.40. The van der Waals surface area contributed by atoms with Crippen molar-refractivity contribution in [2.75, 3.05) is 13.1 Å². The summed E-state index contributed by atoms with van der Waals surface area (Å²) in [5.74, 6) is 1.10. The van der Waals surface area contributed by atoms with Crippen molar-refractivity contribution in [2.45, 2.75) is 18.8 Å². The van der Waals surface area contributed by atoms with Crippen LogP contribution in [0.5, 0.6) is 11.6 Å². The summed E-state index contributed by atoms with van der Waals surface area (Å²) < 4.78 is 18.7. The molecule has 1 aliphatic rings. The molecule has 104 valence electrons. The minimum absolute atomic E-state index is 0.284. The van der Waals surface area contributed by atoms with E-state index >= 15 is 0 Å². The highest BCUT2D eigenvalue weighted by Crippen LogP contribution is 2.30. The van der Waals surface area contributed by atoms with Crippen molar-refractivity contribution in [2.24, 2.45) is 0 Å². The normalized spacial score (nSPS) is 18.8. The molecule has 1 atom stereocenters. The van der Waals surface area contributed by atoms with E-state index in [2.05, 4.69) is 15.3 Å². The summed E-state index contributed by atoms with van der Waals surface area (Å²) in [6.07, 6.45) is 5.49. The third-order valence-electron chi connectivity index (χ3n) is 3.40. The van der Waals surface area contributed by atoms with Crippen LogP contribution in [0.1, 0.15) is 24.5 Å². The van der Waals surface area contributed by atoms with E-state index in [0.29, 0.717) is 17.5 Å². The van der Waals surface area contributed by atoms with Gasteiger partial charge in [-0.15, -0.1) is 0 Å². The molecule has 0 radical (unpaired) electrons. The standard InChI is InChI=1S/C15H16FN3O/c16-12-3-5-13(6-4-12)20-15-14(18-8-9-19-15)11-2-1-7-17-10-11/h3-6,8-9,11,17H,1-2,7,10H2/t11-/m0/s1. The fourth-order valence-electron chi connectivity index (χ4n) is 2.39. The Morgan fingerprint density at radius 1 is 1.15 bits per heavy atom. The largest absolute Gasteiger partial charge is 0.437 e. The monoisotopic (exact) mass is 273 g/mol. The summed E-state index contributed by atoms with van der Waals surface area (Å²) in [6.45, 7) is 1.93. The molecule has 0 spiro atoms. The van der Waals surface area contributed by atoms with Gasteiger partial charge in [0.25, 0.3) is 0 Å². The van der Waals surface area contributed by atoms with Gasteiger partial charge in [0.2, 0.25) is 5.88 Å². The molecule has 3 rings (SSSR count). The van der Waals surface area contributed by atoms with Crippen LogP contribution in [0.4, 0.5) is 4.39 Å². The maximum absolute atomic E-state index is 12.9. The van der Waals surface area contributed by atoms with Gasteiger partial charge in [-0.05, 0) is 43.7 Å². The molecule has 1 aromatic carbocycles. The predicted molar refractivity (Wildman–Crippen MR) is 73.4 cm³/mol. The van der Waals surface area contributed by atoms with E-state index in [1.54, 1.807) is 24.5 Å². The van der Waals surface area contributed by atoms with Crippen LogP contribution in [-0.2, 0) is 0 Å². The van der Waals surface area contributed by atoms with Gasteiger partial charge < -0.3 is 10.1 Å². The second-order valence-corrected chi connectivity index (χ2v) is 4.85. The van der Waals surface area contributed by atoms with Crippen LogP contribution in [-0.4, -0.2) is 23.1 Å². The van der Waals surface area contributed by atoms with Crippen molar-refractivity contribution < 1.29 is 9.13 Å². The first-order chi connectivity index (χ1) is 9.83. The molecular formula is C15H16FN3O. The predicted octanol–water partition coefficient (Wildman–Crippen LogP) is 2.88. The summed E-state index contributed by atoms with van der Waals surface area (Å²) in [5.41, 5.74) is 0.865. The number of rotatable bonds is 3. The second-order valence-electron chi connectivity index (χ2n) is 4.85. The zero-order valence-corrected chi connectivity index (χ0v) is 11.1. The quantitative estimate of drug-likeness (QED) is 0.934. The molecule has 1 aliphatic heterocycles. The zero-order chi connectivity index (χ0) is 13.8.